The number of benzene rings is 3. The zero-order valence-corrected chi connectivity index (χ0v) is 22.0. The molecular weight excluding hydrogens is 591 g/mol. The van der Waals surface area contributed by atoms with Crippen LogP contribution in [-0.2, 0) is 29.0 Å². The van der Waals surface area contributed by atoms with Gasteiger partial charge in [0, 0.05) is 12.8 Å². The van der Waals surface area contributed by atoms with Crippen LogP contribution >= 0.6 is 0 Å². The zero-order chi connectivity index (χ0) is 31.5. The largest absolute Gasteiger partial charge is 0.660 e. The third-order valence-corrected chi connectivity index (χ3v) is 7.44. The molecule has 1 nitrogen and oxygen atoms in total. The number of alkyl halides is 12. The van der Waals surface area contributed by atoms with Crippen LogP contribution in [0, 0.1) is 13.8 Å². The van der Waals surface area contributed by atoms with Crippen molar-refractivity contribution in [1.82, 2.24) is 0 Å². The molecule has 0 spiro atoms. The van der Waals surface area contributed by atoms with Crippen LogP contribution < -0.4 is 16.4 Å². The van der Waals surface area contributed by atoms with Gasteiger partial charge >= 0.3 is 31.1 Å². The molecule has 1 saturated heterocycles. The Kier molecular flexibility index (Phi) is 7.97. The van der Waals surface area contributed by atoms with Gasteiger partial charge in [-0.3, -0.25) is 0 Å². The third kappa shape index (κ3) is 6.13. The Morgan fingerprint density at radius 1 is 0.452 bits per heavy atom. The van der Waals surface area contributed by atoms with E-state index in [0.29, 0.717) is 37.1 Å². The van der Waals surface area contributed by atoms with Gasteiger partial charge in [0.15, 0.2) is 0 Å². The van der Waals surface area contributed by atoms with Crippen LogP contribution in [0.5, 0.6) is 0 Å². The Bertz CT molecular complexity index is 1370. The van der Waals surface area contributed by atoms with Crippen molar-refractivity contribution in [3.05, 3.63) is 88.0 Å². The van der Waals surface area contributed by atoms with E-state index in [0.717, 1.165) is 24.3 Å². The number of rotatable bonds is 4. The van der Waals surface area contributed by atoms with Gasteiger partial charge in [-0.2, -0.15) is 52.7 Å². The number of hydrogen-bond acceptors (Lipinski definition) is 0. The first-order valence-corrected chi connectivity index (χ1v) is 12.6. The van der Waals surface area contributed by atoms with Gasteiger partial charge in [-0.05, 0) is 32.0 Å². The fraction of sp³-hybridized carbons (Fsp3) is 0.357. The second kappa shape index (κ2) is 10.5. The fourth-order valence-electron chi connectivity index (χ4n) is 5.82. The molecule has 42 heavy (non-hydrogen) atoms. The van der Waals surface area contributed by atoms with E-state index >= 15 is 0 Å². The zero-order valence-electron chi connectivity index (χ0n) is 22.0. The first-order chi connectivity index (χ1) is 19.1. The van der Waals surface area contributed by atoms with E-state index in [2.05, 4.69) is 4.28 Å². The highest BCUT2D eigenvalue weighted by Gasteiger charge is 2.50. The Balaban J connectivity index is 2.27. The molecule has 3 aromatic rings. The molecule has 0 atom stereocenters. The highest BCUT2D eigenvalue weighted by atomic mass is 19.4. The Morgan fingerprint density at radius 2 is 0.738 bits per heavy atom. The molecule has 1 aliphatic heterocycles. The van der Waals surface area contributed by atoms with Crippen molar-refractivity contribution < 1.29 is 57.0 Å². The summed E-state index contributed by atoms with van der Waals surface area (Å²) in [5.41, 5.74) is -7.60. The van der Waals surface area contributed by atoms with Crippen LogP contribution in [-0.4, -0.2) is 19.6 Å². The number of hydrogen-bond donors (Lipinski definition) is 0. The quantitative estimate of drug-likeness (QED) is 0.161. The summed E-state index contributed by atoms with van der Waals surface area (Å²) in [5, 5.41) is 0. The summed E-state index contributed by atoms with van der Waals surface area (Å²) in [5.74, 6) is 0. The Morgan fingerprint density at radius 3 is 1.05 bits per heavy atom. The van der Waals surface area contributed by atoms with Gasteiger partial charge in [0.1, 0.15) is 0 Å². The molecule has 0 unspecified atom stereocenters. The summed E-state index contributed by atoms with van der Waals surface area (Å²) in [6.45, 7) is 2.34. The van der Waals surface area contributed by atoms with Gasteiger partial charge in [0.25, 0.3) is 0 Å². The summed E-state index contributed by atoms with van der Waals surface area (Å²) >= 11 is 0. The fourth-order valence-corrected chi connectivity index (χ4v) is 5.82. The predicted octanol–water partition coefficient (Wildman–Crippen LogP) is 7.69. The maximum atomic E-state index is 14.0. The van der Waals surface area contributed by atoms with E-state index in [4.69, 9.17) is 0 Å². The summed E-state index contributed by atoms with van der Waals surface area (Å²) < 4.78 is 170. The first-order valence-electron chi connectivity index (χ1n) is 12.6. The van der Waals surface area contributed by atoms with Gasteiger partial charge in [-0.15, -0.1) is 16.4 Å². The van der Waals surface area contributed by atoms with Gasteiger partial charge in [0.2, 0.25) is 0 Å². The van der Waals surface area contributed by atoms with E-state index in [1.165, 1.54) is 13.8 Å². The van der Waals surface area contributed by atoms with Gasteiger partial charge < -0.3 is 4.28 Å². The maximum absolute atomic E-state index is 14.0. The van der Waals surface area contributed by atoms with Gasteiger partial charge in [-0.1, -0.05) is 47.5 Å². The topological polar surface area (TPSA) is 2.70 Å². The van der Waals surface area contributed by atoms with Crippen LogP contribution in [0.4, 0.5) is 52.7 Å². The van der Waals surface area contributed by atoms with Crippen LogP contribution in [0.3, 0.4) is 0 Å². The minimum absolute atomic E-state index is 0.0439. The number of halogens is 12. The smallest absolute Gasteiger partial charge is 0.416 e. The second-order valence-electron chi connectivity index (χ2n) is 10.5. The van der Waals surface area contributed by atoms with E-state index in [9.17, 15) is 52.7 Å². The molecule has 228 valence electrons. The molecule has 1 heterocycles. The van der Waals surface area contributed by atoms with E-state index in [-0.39, 0.29) is 41.3 Å². The Labute approximate surface area is 232 Å². The second-order valence-corrected chi connectivity index (χ2v) is 10.5. The van der Waals surface area contributed by atoms with Crippen molar-refractivity contribution in [1.29, 1.82) is 0 Å². The lowest BCUT2D eigenvalue weighted by atomic mass is 9.27. The van der Waals surface area contributed by atoms with Crippen molar-refractivity contribution in [3.8, 4) is 0 Å². The molecule has 0 amide bonds. The molecule has 0 bridgehead atoms. The lowest BCUT2D eigenvalue weighted by molar-refractivity contribution is -0.143. The summed E-state index contributed by atoms with van der Waals surface area (Å²) in [6, 6.07) is 5.59. The monoisotopic (exact) mass is 614 g/mol. The highest BCUT2D eigenvalue weighted by Crippen LogP contribution is 2.38. The third-order valence-electron chi connectivity index (χ3n) is 7.44. The molecule has 4 rings (SSSR count). The summed E-state index contributed by atoms with van der Waals surface area (Å²) in [4.78, 5) is 0. The minimum atomic E-state index is -5.32. The first kappa shape index (κ1) is 31.8. The normalized spacial score (nSPS) is 15.9. The average molecular weight is 614 g/mol. The van der Waals surface area contributed by atoms with Crippen molar-refractivity contribution in [3.63, 3.8) is 0 Å². The predicted molar refractivity (Wildman–Crippen MR) is 134 cm³/mol. The standard InChI is InChI=1S/C28H23BF12O/c1-16-7-18(25(30,31)32)12-22(9-16)29(42-5-3-4-6-42,23-10-17(2)8-19(13-23)26(33,34)35)24-14-20(27(36,37)38)11-21(15-24)28(39,40)41/h7-15H,3-6H2,1-2H3. The molecule has 14 heteroatoms. The Hall–Kier alpha value is -3.16. The van der Waals surface area contributed by atoms with Crippen LogP contribution in [0.25, 0.3) is 0 Å². The molecular formula is C28H23BF12O. The van der Waals surface area contributed by atoms with E-state index in [1.54, 1.807) is 0 Å². The van der Waals surface area contributed by atoms with Crippen LogP contribution in [0.1, 0.15) is 46.2 Å². The SMILES string of the molecule is Cc1cc([B-](c2cc(C)cc(C(F)(F)F)c2)(c2cc(C(F)(F)F)cc(C(F)(F)F)c2)[O+]2CCCC2)cc(C(F)(F)F)c1. The van der Waals surface area contributed by atoms with Crippen molar-refractivity contribution in [2.45, 2.75) is 51.4 Å². The van der Waals surface area contributed by atoms with E-state index in [1.807, 2.05) is 0 Å². The molecule has 0 saturated carbocycles. The van der Waals surface area contributed by atoms with Crippen molar-refractivity contribution in [2.24, 2.45) is 0 Å². The van der Waals surface area contributed by atoms with Gasteiger partial charge in [0.05, 0.1) is 35.5 Å². The van der Waals surface area contributed by atoms with Gasteiger partial charge in [-0.25, -0.2) is 0 Å². The molecule has 0 aliphatic carbocycles. The number of aryl methyl sites for hydroxylation is 2. The summed E-state index contributed by atoms with van der Waals surface area (Å²) in [7, 11) is 0. The summed E-state index contributed by atoms with van der Waals surface area (Å²) in [6.07, 6.45) is -23.4. The lowest BCUT2D eigenvalue weighted by Gasteiger charge is -2.48. The average Bonchev–Trinajstić information content (AvgIpc) is 3.37. The molecule has 1 aliphatic rings. The van der Waals surface area contributed by atoms with E-state index < -0.39 is 58.8 Å². The van der Waals surface area contributed by atoms with Crippen LogP contribution in [0.15, 0.2) is 54.6 Å². The van der Waals surface area contributed by atoms with Crippen molar-refractivity contribution in [2.75, 3.05) is 13.2 Å². The molecule has 1 fully saturated rings. The molecule has 0 N–H and O–H groups in total. The highest BCUT2D eigenvalue weighted by molar-refractivity contribution is 7.07. The lowest BCUT2D eigenvalue weighted by Crippen LogP contribution is -2.74. The molecule has 0 radical (unpaired) electrons. The van der Waals surface area contributed by atoms with Crippen LogP contribution in [0.2, 0.25) is 0 Å². The minimum Gasteiger partial charge on any atom is -0.660 e. The maximum Gasteiger partial charge on any atom is 0.416 e. The molecule has 3 aromatic carbocycles. The molecule has 0 aromatic heterocycles. The van der Waals surface area contributed by atoms with Crippen molar-refractivity contribution >= 4 is 22.7 Å².